The first kappa shape index (κ1) is 17.0. The summed E-state index contributed by atoms with van der Waals surface area (Å²) in [5.41, 5.74) is -0.686. The summed E-state index contributed by atoms with van der Waals surface area (Å²) < 4.78 is 28.5. The molecule has 132 valence electrons. The van der Waals surface area contributed by atoms with Crippen LogP contribution >= 0.6 is 0 Å². The van der Waals surface area contributed by atoms with E-state index in [2.05, 4.69) is 10.6 Å². The molecule has 5 nitrogen and oxygen atoms in total. The standard InChI is InChI=1S/C17H23F2N3O2/c1-17(10-23,11-4-5-11)21-16(24)20-12-8-13(18)15(14(19)9-12)22-6-2-3-7-22/h8-9,11,23H,2-7,10H2,1H3,(H2,20,21,24). The van der Waals surface area contributed by atoms with Crippen molar-refractivity contribution in [2.45, 2.75) is 38.1 Å². The zero-order chi connectivity index (χ0) is 17.3. The second-order valence-electron chi connectivity index (χ2n) is 6.91. The third-order valence-electron chi connectivity index (χ3n) is 4.90. The molecule has 1 aromatic rings. The fourth-order valence-electron chi connectivity index (χ4n) is 3.29. The number of aliphatic hydroxyl groups is 1. The number of nitrogens with zero attached hydrogens (tertiary/aromatic N) is 1. The minimum absolute atomic E-state index is 0.0309. The Morgan fingerprint density at radius 3 is 2.38 bits per heavy atom. The van der Waals surface area contributed by atoms with Gasteiger partial charge in [-0.05, 0) is 50.7 Å². The molecular weight excluding hydrogens is 316 g/mol. The Kier molecular flexibility index (Phi) is 4.62. The van der Waals surface area contributed by atoms with E-state index in [1.807, 2.05) is 0 Å². The number of carbonyl (C=O) groups is 1. The van der Waals surface area contributed by atoms with Gasteiger partial charge in [-0.2, -0.15) is 0 Å². The summed E-state index contributed by atoms with van der Waals surface area (Å²) in [6.07, 6.45) is 3.74. The van der Waals surface area contributed by atoms with Crippen molar-refractivity contribution in [3.8, 4) is 0 Å². The number of hydrogen-bond acceptors (Lipinski definition) is 3. The minimum atomic E-state index is -0.712. The van der Waals surface area contributed by atoms with Gasteiger partial charge in [0.05, 0.1) is 12.1 Å². The van der Waals surface area contributed by atoms with E-state index in [9.17, 15) is 18.7 Å². The first-order chi connectivity index (χ1) is 11.4. The van der Waals surface area contributed by atoms with Crippen LogP contribution in [-0.2, 0) is 0 Å². The van der Waals surface area contributed by atoms with Crippen LogP contribution in [0.3, 0.4) is 0 Å². The lowest BCUT2D eigenvalue weighted by molar-refractivity contribution is 0.159. The van der Waals surface area contributed by atoms with Crippen LogP contribution in [0.4, 0.5) is 25.0 Å². The lowest BCUT2D eigenvalue weighted by atomic mass is 9.97. The molecule has 1 aliphatic carbocycles. The van der Waals surface area contributed by atoms with E-state index in [0.29, 0.717) is 13.1 Å². The molecule has 7 heteroatoms. The number of anilines is 2. The molecule has 1 unspecified atom stereocenters. The number of nitrogens with one attached hydrogen (secondary N) is 2. The van der Waals surface area contributed by atoms with Crippen molar-refractivity contribution in [3.63, 3.8) is 0 Å². The molecule has 3 N–H and O–H groups in total. The maximum atomic E-state index is 14.3. The Morgan fingerprint density at radius 2 is 1.88 bits per heavy atom. The number of urea groups is 1. The molecule has 2 amide bonds. The first-order valence-electron chi connectivity index (χ1n) is 8.37. The van der Waals surface area contributed by atoms with Crippen molar-refractivity contribution in [1.82, 2.24) is 5.32 Å². The highest BCUT2D eigenvalue weighted by Crippen LogP contribution is 2.39. The molecule has 0 aromatic heterocycles. The van der Waals surface area contributed by atoms with Crippen molar-refractivity contribution in [1.29, 1.82) is 0 Å². The Hall–Kier alpha value is -1.89. The highest BCUT2D eigenvalue weighted by molar-refractivity contribution is 5.90. The molecule has 1 saturated carbocycles. The van der Waals surface area contributed by atoms with E-state index >= 15 is 0 Å². The van der Waals surface area contributed by atoms with E-state index in [4.69, 9.17) is 0 Å². The predicted octanol–water partition coefficient (Wildman–Crippen LogP) is 2.85. The average molecular weight is 339 g/mol. The molecule has 1 aliphatic heterocycles. The van der Waals surface area contributed by atoms with Crippen LogP contribution < -0.4 is 15.5 Å². The Bertz CT molecular complexity index is 607. The van der Waals surface area contributed by atoms with Gasteiger partial charge < -0.3 is 20.6 Å². The zero-order valence-corrected chi connectivity index (χ0v) is 13.7. The van der Waals surface area contributed by atoms with Gasteiger partial charge in [-0.1, -0.05) is 0 Å². The predicted molar refractivity (Wildman–Crippen MR) is 88.2 cm³/mol. The van der Waals surface area contributed by atoms with Crippen molar-refractivity contribution >= 4 is 17.4 Å². The monoisotopic (exact) mass is 339 g/mol. The highest BCUT2D eigenvalue weighted by atomic mass is 19.1. The topological polar surface area (TPSA) is 64.6 Å². The number of halogens is 2. The number of rotatable bonds is 5. The summed E-state index contributed by atoms with van der Waals surface area (Å²) >= 11 is 0. The largest absolute Gasteiger partial charge is 0.394 e. The molecule has 0 bridgehead atoms. The van der Waals surface area contributed by atoms with Crippen LogP contribution in [0.1, 0.15) is 32.6 Å². The summed E-state index contributed by atoms with van der Waals surface area (Å²) in [6, 6.07) is 1.68. The fourth-order valence-corrected chi connectivity index (χ4v) is 3.29. The summed E-state index contributed by atoms with van der Waals surface area (Å²) in [7, 11) is 0. The Balaban J connectivity index is 1.70. The molecule has 2 aliphatic rings. The lowest BCUT2D eigenvalue weighted by Crippen LogP contribution is -2.52. The molecule has 1 aromatic carbocycles. The first-order valence-corrected chi connectivity index (χ1v) is 8.37. The molecule has 1 saturated heterocycles. The minimum Gasteiger partial charge on any atom is -0.394 e. The fraction of sp³-hybridized carbons (Fsp3) is 0.588. The Morgan fingerprint density at radius 1 is 1.29 bits per heavy atom. The van der Waals surface area contributed by atoms with Gasteiger partial charge in [0.1, 0.15) is 5.69 Å². The molecule has 24 heavy (non-hydrogen) atoms. The SMILES string of the molecule is CC(CO)(NC(=O)Nc1cc(F)c(N2CCCC2)c(F)c1)C1CC1. The number of carbonyl (C=O) groups excluding carboxylic acids is 1. The second-order valence-corrected chi connectivity index (χ2v) is 6.91. The van der Waals surface area contributed by atoms with E-state index < -0.39 is 23.2 Å². The molecule has 1 heterocycles. The number of amides is 2. The van der Waals surface area contributed by atoms with Gasteiger partial charge >= 0.3 is 6.03 Å². The molecule has 3 rings (SSSR count). The smallest absolute Gasteiger partial charge is 0.319 e. The van der Waals surface area contributed by atoms with Crippen molar-refractivity contribution in [2.24, 2.45) is 5.92 Å². The lowest BCUT2D eigenvalue weighted by Gasteiger charge is -2.28. The quantitative estimate of drug-likeness (QED) is 0.773. The van der Waals surface area contributed by atoms with Crippen LogP contribution in [0, 0.1) is 17.6 Å². The van der Waals surface area contributed by atoms with Crippen molar-refractivity contribution in [2.75, 3.05) is 29.9 Å². The Labute approximate surface area is 140 Å². The van der Waals surface area contributed by atoms with Gasteiger partial charge in [-0.15, -0.1) is 0 Å². The van der Waals surface area contributed by atoms with Crippen LogP contribution in [0.2, 0.25) is 0 Å². The third kappa shape index (κ3) is 3.45. The number of benzene rings is 1. The molecule has 2 fully saturated rings. The van der Waals surface area contributed by atoms with E-state index in [-0.39, 0.29) is 23.9 Å². The summed E-state index contributed by atoms with van der Waals surface area (Å²) in [5, 5.41) is 14.6. The number of aliphatic hydroxyl groups excluding tert-OH is 1. The van der Waals surface area contributed by atoms with Crippen LogP contribution in [0.5, 0.6) is 0 Å². The van der Waals surface area contributed by atoms with Crippen LogP contribution in [-0.4, -0.2) is 36.4 Å². The molecular formula is C17H23F2N3O2. The van der Waals surface area contributed by atoms with E-state index in [0.717, 1.165) is 37.8 Å². The summed E-state index contributed by atoms with van der Waals surface area (Å²) in [5.74, 6) is -1.13. The van der Waals surface area contributed by atoms with Gasteiger partial charge in [0.25, 0.3) is 0 Å². The maximum Gasteiger partial charge on any atom is 0.319 e. The highest BCUT2D eigenvalue weighted by Gasteiger charge is 2.42. The van der Waals surface area contributed by atoms with Gasteiger partial charge in [-0.3, -0.25) is 0 Å². The number of hydrogen-bond donors (Lipinski definition) is 3. The zero-order valence-electron chi connectivity index (χ0n) is 13.7. The third-order valence-corrected chi connectivity index (χ3v) is 4.90. The van der Waals surface area contributed by atoms with Crippen molar-refractivity contribution in [3.05, 3.63) is 23.8 Å². The van der Waals surface area contributed by atoms with Crippen LogP contribution in [0.25, 0.3) is 0 Å². The normalized spacial score (nSPS) is 19.9. The van der Waals surface area contributed by atoms with Crippen LogP contribution in [0.15, 0.2) is 12.1 Å². The van der Waals surface area contributed by atoms with E-state index in [1.165, 1.54) is 0 Å². The molecule has 0 spiro atoms. The van der Waals surface area contributed by atoms with Gasteiger partial charge in [0, 0.05) is 18.8 Å². The molecule has 0 radical (unpaired) electrons. The van der Waals surface area contributed by atoms with Crippen molar-refractivity contribution < 1.29 is 18.7 Å². The summed E-state index contributed by atoms with van der Waals surface area (Å²) in [6.45, 7) is 2.86. The van der Waals surface area contributed by atoms with E-state index in [1.54, 1.807) is 11.8 Å². The second kappa shape index (κ2) is 6.55. The van der Waals surface area contributed by atoms with Gasteiger partial charge in [-0.25, -0.2) is 13.6 Å². The van der Waals surface area contributed by atoms with Gasteiger partial charge in [0.2, 0.25) is 0 Å². The molecule has 1 atom stereocenters. The maximum absolute atomic E-state index is 14.3. The summed E-state index contributed by atoms with van der Waals surface area (Å²) in [4.78, 5) is 13.8. The van der Waals surface area contributed by atoms with Gasteiger partial charge in [0.15, 0.2) is 11.6 Å². The average Bonchev–Trinajstić information content (AvgIpc) is 3.25.